The third-order valence-electron chi connectivity index (χ3n) is 4.34. The Morgan fingerprint density at radius 2 is 2.12 bits per heavy atom. The van der Waals surface area contributed by atoms with E-state index in [1.165, 1.54) is 0 Å². The van der Waals surface area contributed by atoms with Crippen molar-refractivity contribution in [3.63, 3.8) is 0 Å². The highest BCUT2D eigenvalue weighted by molar-refractivity contribution is 5.90. The average Bonchev–Trinajstić information content (AvgIpc) is 2.59. The molecule has 1 amide bonds. The Balaban J connectivity index is 2.03. The standard InChI is InChI=1S/C18H25NO5/c1-3-14-8-7-13-12-15(23-2)9-10-16(13)19(14)18(22)24-11-5-4-6-17(20)21/h9-10,12,14H,3-8,11H2,1-2H3,(H,20,21). The molecule has 1 aromatic rings. The van der Waals surface area contributed by atoms with E-state index in [9.17, 15) is 9.59 Å². The fourth-order valence-electron chi connectivity index (χ4n) is 3.01. The number of ether oxygens (including phenoxy) is 2. The summed E-state index contributed by atoms with van der Waals surface area (Å²) in [5.74, 6) is -0.0445. The minimum absolute atomic E-state index is 0.0987. The molecule has 1 aliphatic heterocycles. The normalized spacial score (nSPS) is 16.4. The van der Waals surface area contributed by atoms with E-state index in [1.54, 1.807) is 12.0 Å². The van der Waals surface area contributed by atoms with Crippen molar-refractivity contribution in [3.8, 4) is 5.75 Å². The molecule has 24 heavy (non-hydrogen) atoms. The van der Waals surface area contributed by atoms with Crippen molar-refractivity contribution < 1.29 is 24.2 Å². The van der Waals surface area contributed by atoms with Gasteiger partial charge in [-0.05, 0) is 55.9 Å². The lowest BCUT2D eigenvalue weighted by Gasteiger charge is -2.36. The van der Waals surface area contributed by atoms with Crippen molar-refractivity contribution >= 4 is 17.7 Å². The van der Waals surface area contributed by atoms with Gasteiger partial charge in [-0.3, -0.25) is 9.69 Å². The van der Waals surface area contributed by atoms with Crippen LogP contribution in [-0.4, -0.2) is 36.9 Å². The van der Waals surface area contributed by atoms with Crippen LogP contribution >= 0.6 is 0 Å². The van der Waals surface area contributed by atoms with Crippen molar-refractivity contribution in [1.29, 1.82) is 0 Å². The molecule has 0 aliphatic carbocycles. The Kier molecular flexibility index (Phi) is 6.46. The van der Waals surface area contributed by atoms with E-state index in [-0.39, 0.29) is 25.2 Å². The van der Waals surface area contributed by atoms with E-state index in [4.69, 9.17) is 14.6 Å². The summed E-state index contributed by atoms with van der Waals surface area (Å²) in [4.78, 5) is 24.8. The lowest BCUT2D eigenvalue weighted by Crippen LogP contribution is -2.43. The van der Waals surface area contributed by atoms with Crippen LogP contribution < -0.4 is 9.64 Å². The number of rotatable bonds is 7. The number of nitrogens with zero attached hydrogens (tertiary/aromatic N) is 1. The van der Waals surface area contributed by atoms with Gasteiger partial charge in [0.05, 0.1) is 19.4 Å². The zero-order chi connectivity index (χ0) is 17.5. The number of aliphatic carboxylic acids is 1. The molecule has 132 valence electrons. The summed E-state index contributed by atoms with van der Waals surface area (Å²) in [5.41, 5.74) is 1.96. The lowest BCUT2D eigenvalue weighted by molar-refractivity contribution is -0.137. The third kappa shape index (κ3) is 4.40. The number of methoxy groups -OCH3 is 1. The topological polar surface area (TPSA) is 76.1 Å². The fourth-order valence-corrected chi connectivity index (χ4v) is 3.01. The molecule has 1 aromatic carbocycles. The smallest absolute Gasteiger partial charge is 0.414 e. The summed E-state index contributed by atoms with van der Waals surface area (Å²) in [5, 5.41) is 8.62. The minimum atomic E-state index is -0.828. The SMILES string of the molecule is CCC1CCc2cc(OC)ccc2N1C(=O)OCCCCC(=O)O. The van der Waals surface area contributed by atoms with E-state index in [0.29, 0.717) is 12.8 Å². The molecule has 1 atom stereocenters. The summed E-state index contributed by atoms with van der Waals surface area (Å²) in [6, 6.07) is 5.84. The molecule has 2 rings (SSSR count). The second kappa shape index (κ2) is 8.57. The highest BCUT2D eigenvalue weighted by atomic mass is 16.6. The summed E-state index contributed by atoms with van der Waals surface area (Å²) >= 11 is 0. The summed E-state index contributed by atoms with van der Waals surface area (Å²) in [6.45, 7) is 2.30. The maximum Gasteiger partial charge on any atom is 0.414 e. The van der Waals surface area contributed by atoms with Crippen LogP contribution in [0.2, 0.25) is 0 Å². The van der Waals surface area contributed by atoms with Gasteiger partial charge in [-0.15, -0.1) is 0 Å². The van der Waals surface area contributed by atoms with Gasteiger partial charge in [0.1, 0.15) is 5.75 Å². The molecular weight excluding hydrogens is 310 g/mol. The number of benzene rings is 1. The summed E-state index contributed by atoms with van der Waals surface area (Å²) in [7, 11) is 1.63. The van der Waals surface area contributed by atoms with Gasteiger partial charge in [0.2, 0.25) is 0 Å². The molecule has 1 aliphatic rings. The van der Waals surface area contributed by atoms with Gasteiger partial charge in [0.15, 0.2) is 0 Å². The summed E-state index contributed by atoms with van der Waals surface area (Å²) in [6.07, 6.45) is 3.47. The summed E-state index contributed by atoms with van der Waals surface area (Å²) < 4.78 is 10.6. The van der Waals surface area contributed by atoms with Gasteiger partial charge in [-0.2, -0.15) is 0 Å². The molecule has 0 saturated carbocycles. The first kappa shape index (κ1) is 18.1. The largest absolute Gasteiger partial charge is 0.497 e. The number of carbonyl (C=O) groups excluding carboxylic acids is 1. The number of carboxylic acid groups (broad SMARTS) is 1. The first-order valence-electron chi connectivity index (χ1n) is 8.41. The van der Waals surface area contributed by atoms with Crippen LogP contribution in [0, 0.1) is 0 Å². The van der Waals surface area contributed by atoms with Crippen LogP contribution in [-0.2, 0) is 16.0 Å². The van der Waals surface area contributed by atoms with Gasteiger partial charge in [0, 0.05) is 12.5 Å². The molecular formula is C18H25NO5. The maximum atomic E-state index is 12.5. The van der Waals surface area contributed by atoms with Crippen LogP contribution in [0.25, 0.3) is 0 Å². The highest BCUT2D eigenvalue weighted by Gasteiger charge is 2.31. The number of fused-ring (bicyclic) bond motifs is 1. The van der Waals surface area contributed by atoms with E-state index in [2.05, 4.69) is 6.92 Å². The van der Waals surface area contributed by atoms with Crippen LogP contribution in [0.4, 0.5) is 10.5 Å². The average molecular weight is 335 g/mol. The molecule has 1 heterocycles. The van der Waals surface area contributed by atoms with Gasteiger partial charge in [0.25, 0.3) is 0 Å². The molecule has 6 heteroatoms. The first-order chi connectivity index (χ1) is 11.6. The number of hydrogen-bond acceptors (Lipinski definition) is 4. The monoisotopic (exact) mass is 335 g/mol. The number of hydrogen-bond donors (Lipinski definition) is 1. The van der Waals surface area contributed by atoms with Gasteiger partial charge in [-0.1, -0.05) is 6.92 Å². The third-order valence-corrected chi connectivity index (χ3v) is 4.34. The van der Waals surface area contributed by atoms with Crippen molar-refractivity contribution in [3.05, 3.63) is 23.8 Å². The molecule has 0 fully saturated rings. The van der Waals surface area contributed by atoms with E-state index in [0.717, 1.165) is 36.3 Å². The molecule has 6 nitrogen and oxygen atoms in total. The number of unbranched alkanes of at least 4 members (excludes halogenated alkanes) is 1. The van der Waals surface area contributed by atoms with Crippen molar-refractivity contribution in [2.24, 2.45) is 0 Å². The molecule has 0 saturated heterocycles. The Morgan fingerprint density at radius 1 is 1.33 bits per heavy atom. The molecule has 0 radical (unpaired) electrons. The van der Waals surface area contributed by atoms with Crippen LogP contribution in [0.5, 0.6) is 5.75 Å². The zero-order valence-electron chi connectivity index (χ0n) is 14.3. The molecule has 0 aromatic heterocycles. The van der Waals surface area contributed by atoms with E-state index in [1.807, 2.05) is 18.2 Å². The lowest BCUT2D eigenvalue weighted by atomic mass is 9.94. The van der Waals surface area contributed by atoms with Gasteiger partial charge < -0.3 is 14.6 Å². The Hall–Kier alpha value is -2.24. The Morgan fingerprint density at radius 3 is 2.79 bits per heavy atom. The van der Waals surface area contributed by atoms with Crippen molar-refractivity contribution in [2.75, 3.05) is 18.6 Å². The minimum Gasteiger partial charge on any atom is -0.497 e. The number of carbonyl (C=O) groups is 2. The fraction of sp³-hybridized carbons (Fsp3) is 0.556. The van der Waals surface area contributed by atoms with Crippen molar-refractivity contribution in [2.45, 2.75) is 51.5 Å². The van der Waals surface area contributed by atoms with Gasteiger partial charge >= 0.3 is 12.1 Å². The maximum absolute atomic E-state index is 12.5. The van der Waals surface area contributed by atoms with Crippen LogP contribution in [0.1, 0.15) is 44.6 Å². The quantitative estimate of drug-likeness (QED) is 0.770. The second-order valence-electron chi connectivity index (χ2n) is 5.93. The Labute approximate surface area is 142 Å². The zero-order valence-corrected chi connectivity index (χ0v) is 14.3. The molecule has 0 spiro atoms. The molecule has 1 unspecified atom stereocenters. The van der Waals surface area contributed by atoms with Crippen molar-refractivity contribution in [1.82, 2.24) is 0 Å². The highest BCUT2D eigenvalue weighted by Crippen LogP contribution is 2.34. The molecule has 1 N–H and O–H groups in total. The number of anilines is 1. The van der Waals surface area contributed by atoms with Gasteiger partial charge in [-0.25, -0.2) is 4.79 Å². The van der Waals surface area contributed by atoms with Crippen LogP contribution in [0.3, 0.4) is 0 Å². The van der Waals surface area contributed by atoms with E-state index >= 15 is 0 Å². The number of aryl methyl sites for hydroxylation is 1. The van der Waals surface area contributed by atoms with Crippen LogP contribution in [0.15, 0.2) is 18.2 Å². The second-order valence-corrected chi connectivity index (χ2v) is 5.93. The number of amides is 1. The number of carboxylic acids is 1. The predicted molar refractivity (Wildman–Crippen MR) is 90.7 cm³/mol. The molecule has 0 bridgehead atoms. The van der Waals surface area contributed by atoms with E-state index < -0.39 is 5.97 Å². The first-order valence-corrected chi connectivity index (χ1v) is 8.41. The predicted octanol–water partition coefficient (Wildman–Crippen LogP) is 3.62. The Bertz CT molecular complexity index is 587.